The van der Waals surface area contributed by atoms with Crippen LogP contribution < -0.4 is 10.6 Å². The molecule has 1 unspecified atom stereocenters. The van der Waals surface area contributed by atoms with Crippen LogP contribution in [0.25, 0.3) is 0 Å². The monoisotopic (exact) mass is 371 g/mol. The SMILES string of the molecule is CN(C)C(=O)CN=C(NCCCN1CCOCC1)NC1CCCSC1. The second kappa shape index (κ2) is 11.6. The number of carbonyl (C=O) groups is 1. The van der Waals surface area contributed by atoms with Gasteiger partial charge in [-0.25, -0.2) is 4.99 Å². The second-order valence-corrected chi connectivity index (χ2v) is 7.90. The summed E-state index contributed by atoms with van der Waals surface area (Å²) < 4.78 is 5.38. The van der Waals surface area contributed by atoms with Crippen molar-refractivity contribution in [2.24, 2.45) is 4.99 Å². The van der Waals surface area contributed by atoms with Crippen LogP contribution >= 0.6 is 11.8 Å². The van der Waals surface area contributed by atoms with E-state index in [2.05, 4.69) is 20.5 Å². The van der Waals surface area contributed by atoms with E-state index in [0.29, 0.717) is 6.04 Å². The molecule has 1 atom stereocenters. The van der Waals surface area contributed by atoms with E-state index in [0.717, 1.165) is 57.5 Å². The number of guanidine groups is 1. The molecule has 0 radical (unpaired) electrons. The maximum Gasteiger partial charge on any atom is 0.243 e. The van der Waals surface area contributed by atoms with Crippen LogP contribution in [-0.2, 0) is 9.53 Å². The van der Waals surface area contributed by atoms with Crippen molar-refractivity contribution < 1.29 is 9.53 Å². The van der Waals surface area contributed by atoms with Gasteiger partial charge in [0, 0.05) is 45.5 Å². The van der Waals surface area contributed by atoms with Gasteiger partial charge in [-0.15, -0.1) is 0 Å². The van der Waals surface area contributed by atoms with Gasteiger partial charge in [-0.05, 0) is 31.6 Å². The summed E-state index contributed by atoms with van der Waals surface area (Å²) in [4.78, 5) is 20.3. The van der Waals surface area contributed by atoms with Gasteiger partial charge >= 0.3 is 0 Å². The highest BCUT2D eigenvalue weighted by Crippen LogP contribution is 2.16. The highest BCUT2D eigenvalue weighted by Gasteiger charge is 2.15. The van der Waals surface area contributed by atoms with Gasteiger partial charge in [-0.1, -0.05) is 0 Å². The molecule has 0 spiro atoms. The summed E-state index contributed by atoms with van der Waals surface area (Å²) in [5.41, 5.74) is 0. The minimum Gasteiger partial charge on any atom is -0.379 e. The third-order valence-electron chi connectivity index (χ3n) is 4.42. The van der Waals surface area contributed by atoms with Crippen LogP contribution in [0.5, 0.6) is 0 Å². The van der Waals surface area contributed by atoms with E-state index in [-0.39, 0.29) is 12.5 Å². The van der Waals surface area contributed by atoms with E-state index in [4.69, 9.17) is 4.74 Å². The number of aliphatic imine (C=N–C) groups is 1. The first kappa shape index (κ1) is 20.3. The molecule has 25 heavy (non-hydrogen) atoms. The first-order chi connectivity index (χ1) is 12.1. The number of amides is 1. The van der Waals surface area contributed by atoms with Gasteiger partial charge in [0.05, 0.1) is 13.2 Å². The molecule has 2 aliphatic heterocycles. The molecule has 2 aliphatic rings. The minimum absolute atomic E-state index is 0.0208. The molecule has 7 nitrogen and oxygen atoms in total. The van der Waals surface area contributed by atoms with E-state index in [1.165, 1.54) is 18.6 Å². The third kappa shape index (κ3) is 8.29. The molecule has 0 aromatic rings. The number of thioether (sulfide) groups is 1. The van der Waals surface area contributed by atoms with Crippen molar-refractivity contribution in [3.8, 4) is 0 Å². The topological polar surface area (TPSA) is 69.2 Å². The summed E-state index contributed by atoms with van der Waals surface area (Å²) in [7, 11) is 3.52. The Labute approximate surface area is 155 Å². The zero-order valence-electron chi connectivity index (χ0n) is 15.6. The van der Waals surface area contributed by atoms with E-state index in [1.54, 1.807) is 19.0 Å². The summed E-state index contributed by atoms with van der Waals surface area (Å²) in [6.45, 7) is 5.84. The predicted molar refractivity (Wildman–Crippen MR) is 104 cm³/mol. The number of ether oxygens (including phenoxy) is 1. The lowest BCUT2D eigenvalue weighted by Gasteiger charge is -2.27. The van der Waals surface area contributed by atoms with Crippen LogP contribution in [0.2, 0.25) is 0 Å². The van der Waals surface area contributed by atoms with E-state index < -0.39 is 0 Å². The lowest BCUT2D eigenvalue weighted by Crippen LogP contribution is -2.46. The minimum atomic E-state index is 0.0208. The molecule has 1 amide bonds. The Balaban J connectivity index is 1.75. The van der Waals surface area contributed by atoms with Crippen molar-refractivity contribution in [3.63, 3.8) is 0 Å². The maximum atomic E-state index is 11.8. The molecule has 2 rings (SSSR count). The fraction of sp³-hybridized carbons (Fsp3) is 0.882. The number of carbonyl (C=O) groups excluding carboxylic acids is 1. The van der Waals surface area contributed by atoms with Crippen LogP contribution in [0.3, 0.4) is 0 Å². The number of likely N-dealkylation sites (N-methyl/N-ethyl adjacent to an activating group) is 1. The van der Waals surface area contributed by atoms with Crippen molar-refractivity contribution in [1.82, 2.24) is 20.4 Å². The van der Waals surface area contributed by atoms with Crippen LogP contribution in [0, 0.1) is 0 Å². The first-order valence-electron chi connectivity index (χ1n) is 9.28. The summed E-state index contributed by atoms with van der Waals surface area (Å²) in [6, 6.07) is 0.443. The molecule has 144 valence electrons. The predicted octanol–water partition coefficient (Wildman–Crippen LogP) is 0.228. The molecular formula is C17H33N5O2S. The molecule has 2 heterocycles. The Bertz CT molecular complexity index is 421. The molecule has 2 saturated heterocycles. The van der Waals surface area contributed by atoms with Crippen LogP contribution in [0.4, 0.5) is 0 Å². The molecule has 0 bridgehead atoms. The zero-order chi connectivity index (χ0) is 17.9. The summed E-state index contributed by atoms with van der Waals surface area (Å²) in [5.74, 6) is 3.14. The lowest BCUT2D eigenvalue weighted by molar-refractivity contribution is -0.127. The molecule has 2 N–H and O–H groups in total. The molecule has 0 aromatic carbocycles. The highest BCUT2D eigenvalue weighted by molar-refractivity contribution is 7.99. The molecular weight excluding hydrogens is 338 g/mol. The summed E-state index contributed by atoms with van der Waals surface area (Å²) in [5, 5.41) is 6.90. The fourth-order valence-corrected chi connectivity index (χ4v) is 3.89. The largest absolute Gasteiger partial charge is 0.379 e. The maximum absolute atomic E-state index is 11.8. The van der Waals surface area contributed by atoms with Crippen molar-refractivity contribution in [2.45, 2.75) is 25.3 Å². The van der Waals surface area contributed by atoms with Crippen molar-refractivity contribution >= 4 is 23.6 Å². The standard InChI is InChI=1S/C17H33N5O2S/c1-21(2)16(23)13-19-17(20-15-5-3-12-25-14-15)18-6-4-7-22-8-10-24-11-9-22/h15H,3-14H2,1-2H3,(H2,18,19,20). The van der Waals surface area contributed by atoms with E-state index >= 15 is 0 Å². The normalized spacial score (nSPS) is 22.5. The Hall–Kier alpha value is -0.990. The number of nitrogens with one attached hydrogen (secondary N) is 2. The van der Waals surface area contributed by atoms with Gasteiger partial charge in [0.25, 0.3) is 0 Å². The quantitative estimate of drug-likeness (QED) is 0.379. The first-order valence-corrected chi connectivity index (χ1v) is 10.4. The average molecular weight is 372 g/mol. The molecule has 0 aliphatic carbocycles. The molecule has 2 fully saturated rings. The Morgan fingerprint density at radius 3 is 2.84 bits per heavy atom. The Kier molecular flexibility index (Phi) is 9.42. The van der Waals surface area contributed by atoms with Gasteiger partial charge < -0.3 is 20.3 Å². The van der Waals surface area contributed by atoms with Crippen LogP contribution in [0.1, 0.15) is 19.3 Å². The van der Waals surface area contributed by atoms with Gasteiger partial charge in [-0.3, -0.25) is 9.69 Å². The zero-order valence-corrected chi connectivity index (χ0v) is 16.4. The number of rotatable bonds is 7. The van der Waals surface area contributed by atoms with Gasteiger partial charge in [0.2, 0.25) is 5.91 Å². The Morgan fingerprint density at radius 2 is 2.16 bits per heavy atom. The smallest absolute Gasteiger partial charge is 0.243 e. The van der Waals surface area contributed by atoms with Crippen LogP contribution in [0.15, 0.2) is 4.99 Å². The Morgan fingerprint density at radius 1 is 1.36 bits per heavy atom. The van der Waals surface area contributed by atoms with Gasteiger partial charge in [0.15, 0.2) is 5.96 Å². The summed E-state index contributed by atoms with van der Waals surface area (Å²) in [6.07, 6.45) is 3.47. The van der Waals surface area contributed by atoms with Crippen molar-refractivity contribution in [1.29, 1.82) is 0 Å². The molecule has 0 saturated carbocycles. The second-order valence-electron chi connectivity index (χ2n) is 6.75. The van der Waals surface area contributed by atoms with E-state index in [1.807, 2.05) is 11.8 Å². The number of morpholine rings is 1. The van der Waals surface area contributed by atoms with Gasteiger partial charge in [-0.2, -0.15) is 11.8 Å². The average Bonchev–Trinajstić information content (AvgIpc) is 2.64. The number of hydrogen-bond acceptors (Lipinski definition) is 5. The fourth-order valence-electron chi connectivity index (χ4n) is 2.82. The summed E-state index contributed by atoms with van der Waals surface area (Å²) >= 11 is 1.98. The molecule has 0 aromatic heterocycles. The highest BCUT2D eigenvalue weighted by atomic mass is 32.2. The van der Waals surface area contributed by atoms with Gasteiger partial charge in [0.1, 0.15) is 6.54 Å². The molecule has 8 heteroatoms. The van der Waals surface area contributed by atoms with Crippen molar-refractivity contribution in [3.05, 3.63) is 0 Å². The van der Waals surface area contributed by atoms with Crippen molar-refractivity contribution in [2.75, 3.05) is 71.5 Å². The number of nitrogens with zero attached hydrogens (tertiary/aromatic N) is 3. The third-order valence-corrected chi connectivity index (χ3v) is 5.64. The number of hydrogen-bond donors (Lipinski definition) is 2. The van der Waals surface area contributed by atoms with Crippen LogP contribution in [-0.4, -0.2) is 99.2 Å². The van der Waals surface area contributed by atoms with E-state index in [9.17, 15) is 4.79 Å². The lowest BCUT2D eigenvalue weighted by atomic mass is 10.2.